The summed E-state index contributed by atoms with van der Waals surface area (Å²) in [6, 6.07) is 1.82. The third-order valence-corrected chi connectivity index (χ3v) is 3.16. The van der Waals surface area contributed by atoms with E-state index in [1.54, 1.807) is 0 Å². The first kappa shape index (κ1) is 13.3. The Morgan fingerprint density at radius 3 is 2.81 bits per heavy atom. The van der Waals surface area contributed by atoms with Crippen LogP contribution in [-0.2, 0) is 11.2 Å². The van der Waals surface area contributed by atoms with Crippen LogP contribution < -0.4 is 0 Å². The fourth-order valence-corrected chi connectivity index (χ4v) is 2.10. The van der Waals surface area contributed by atoms with Gasteiger partial charge < -0.3 is 9.72 Å². The molecule has 0 saturated heterocycles. The number of carbonyl (C=O) groups excluding carboxylic acids is 1. The number of methoxy groups -OCH3 is 1. The van der Waals surface area contributed by atoms with Crippen LogP contribution >= 0.6 is 22.6 Å². The number of aromatic amines is 1. The maximum absolute atomic E-state index is 11.3. The molecule has 0 radical (unpaired) electrons. The Labute approximate surface area is 109 Å². The maximum atomic E-state index is 11.3. The van der Waals surface area contributed by atoms with Gasteiger partial charge in [0.15, 0.2) is 0 Å². The van der Waals surface area contributed by atoms with Crippen LogP contribution in [-0.4, -0.2) is 18.1 Å². The van der Waals surface area contributed by atoms with E-state index in [4.69, 9.17) is 0 Å². The summed E-state index contributed by atoms with van der Waals surface area (Å²) in [6.07, 6.45) is 4.09. The lowest BCUT2D eigenvalue weighted by Crippen LogP contribution is -2.01. The summed E-state index contributed by atoms with van der Waals surface area (Å²) in [5.74, 6) is -0.314. The van der Waals surface area contributed by atoms with Crippen LogP contribution in [0.2, 0.25) is 0 Å². The van der Waals surface area contributed by atoms with Crippen molar-refractivity contribution in [3.8, 4) is 0 Å². The highest BCUT2D eigenvalue weighted by Crippen LogP contribution is 2.16. The summed E-state index contributed by atoms with van der Waals surface area (Å²) in [6.45, 7) is 4.17. The highest BCUT2D eigenvalue weighted by molar-refractivity contribution is 14.1. The highest BCUT2D eigenvalue weighted by Gasteiger charge is 2.11. The van der Waals surface area contributed by atoms with E-state index in [0.29, 0.717) is 5.69 Å². The second-order valence-electron chi connectivity index (χ2n) is 3.82. The average molecular weight is 333 g/mol. The van der Waals surface area contributed by atoms with Gasteiger partial charge in [-0.15, -0.1) is 0 Å². The van der Waals surface area contributed by atoms with E-state index < -0.39 is 0 Å². The molecule has 88 valence electrons. The lowest BCUT2D eigenvalue weighted by atomic mass is 10.2. The average Bonchev–Trinajstić information content (AvgIpc) is 2.59. The fourth-order valence-electron chi connectivity index (χ4n) is 1.38. The first-order chi connectivity index (χ1) is 7.54. The van der Waals surface area contributed by atoms with E-state index >= 15 is 0 Å². The summed E-state index contributed by atoms with van der Waals surface area (Å²) < 4.78 is 5.75. The number of allylic oxidation sites excluding steroid dienone is 2. The van der Waals surface area contributed by atoms with Gasteiger partial charge in [0.25, 0.3) is 0 Å². The molecule has 0 fully saturated rings. The monoisotopic (exact) mass is 333 g/mol. The molecule has 0 saturated carbocycles. The second kappa shape index (κ2) is 6.08. The van der Waals surface area contributed by atoms with E-state index in [2.05, 4.69) is 52.2 Å². The third-order valence-electron chi connectivity index (χ3n) is 2.20. The smallest absolute Gasteiger partial charge is 0.354 e. The number of H-pyrrole nitrogens is 1. The SMILES string of the molecule is COC(=O)c1cc(I)c(CCC=C(C)C)[nH]1. The lowest BCUT2D eigenvalue weighted by molar-refractivity contribution is 0.0594. The van der Waals surface area contributed by atoms with Crippen molar-refractivity contribution in [1.29, 1.82) is 0 Å². The minimum Gasteiger partial charge on any atom is -0.464 e. The first-order valence-electron chi connectivity index (χ1n) is 5.13. The molecule has 0 aromatic carbocycles. The molecule has 0 aliphatic rings. The molecule has 16 heavy (non-hydrogen) atoms. The second-order valence-corrected chi connectivity index (χ2v) is 4.98. The van der Waals surface area contributed by atoms with Crippen molar-refractivity contribution < 1.29 is 9.53 Å². The molecule has 1 aromatic heterocycles. The van der Waals surface area contributed by atoms with Crippen LogP contribution in [0.4, 0.5) is 0 Å². The van der Waals surface area contributed by atoms with Crippen molar-refractivity contribution in [2.24, 2.45) is 0 Å². The maximum Gasteiger partial charge on any atom is 0.354 e. The number of esters is 1. The van der Waals surface area contributed by atoms with Gasteiger partial charge in [0, 0.05) is 9.26 Å². The van der Waals surface area contributed by atoms with Crippen LogP contribution in [0.3, 0.4) is 0 Å². The zero-order valence-electron chi connectivity index (χ0n) is 9.76. The third kappa shape index (κ3) is 3.66. The molecule has 1 N–H and O–H groups in total. The Kier molecular flexibility index (Phi) is 5.05. The van der Waals surface area contributed by atoms with E-state index in [1.807, 2.05) is 6.07 Å². The molecule has 0 amide bonds. The summed E-state index contributed by atoms with van der Waals surface area (Å²) in [5.41, 5.74) is 2.94. The Balaban J connectivity index is 2.71. The van der Waals surface area contributed by atoms with Crippen LogP contribution in [0.1, 0.15) is 36.5 Å². The van der Waals surface area contributed by atoms with Crippen molar-refractivity contribution in [2.45, 2.75) is 26.7 Å². The van der Waals surface area contributed by atoms with E-state index in [0.717, 1.165) is 22.1 Å². The topological polar surface area (TPSA) is 42.1 Å². The summed E-state index contributed by atoms with van der Waals surface area (Å²) >= 11 is 2.23. The Morgan fingerprint density at radius 1 is 1.56 bits per heavy atom. The van der Waals surface area contributed by atoms with Gasteiger partial charge in [0.2, 0.25) is 0 Å². The fraction of sp³-hybridized carbons (Fsp3) is 0.417. The van der Waals surface area contributed by atoms with Gasteiger partial charge in [0.1, 0.15) is 5.69 Å². The summed E-state index contributed by atoms with van der Waals surface area (Å²) in [4.78, 5) is 14.4. The van der Waals surface area contributed by atoms with Crippen molar-refractivity contribution in [2.75, 3.05) is 7.11 Å². The molecule has 0 aliphatic carbocycles. The molecule has 3 nitrogen and oxygen atoms in total. The number of hydrogen-bond donors (Lipinski definition) is 1. The van der Waals surface area contributed by atoms with E-state index in [-0.39, 0.29) is 5.97 Å². The minimum atomic E-state index is -0.314. The standard InChI is InChI=1S/C12H16INO2/c1-8(2)5-4-6-10-9(13)7-11(14-10)12(15)16-3/h5,7,14H,4,6H2,1-3H3. The molecule has 1 heterocycles. The molecule has 0 bridgehead atoms. The van der Waals surface area contributed by atoms with Crippen LogP contribution in [0, 0.1) is 3.57 Å². The number of nitrogens with one attached hydrogen (secondary N) is 1. The molecule has 0 aliphatic heterocycles. The number of halogens is 1. The molecule has 4 heteroatoms. The van der Waals surface area contributed by atoms with Gasteiger partial charge in [-0.3, -0.25) is 0 Å². The first-order valence-corrected chi connectivity index (χ1v) is 6.21. The van der Waals surface area contributed by atoms with Gasteiger partial charge in [-0.2, -0.15) is 0 Å². The Bertz CT molecular complexity index is 403. The van der Waals surface area contributed by atoms with Crippen LogP contribution in [0.25, 0.3) is 0 Å². The predicted octanol–water partition coefficient (Wildman–Crippen LogP) is 3.30. The number of carbonyl (C=O) groups is 1. The normalized spacial score (nSPS) is 10.0. The van der Waals surface area contributed by atoms with Crippen molar-refractivity contribution in [3.05, 3.63) is 32.7 Å². The van der Waals surface area contributed by atoms with Crippen molar-refractivity contribution >= 4 is 28.6 Å². The molecular formula is C12H16INO2. The molecule has 0 atom stereocenters. The number of aryl methyl sites for hydroxylation is 1. The molecular weight excluding hydrogens is 317 g/mol. The number of aromatic nitrogens is 1. The van der Waals surface area contributed by atoms with Crippen molar-refractivity contribution in [3.63, 3.8) is 0 Å². The molecule has 1 rings (SSSR count). The van der Waals surface area contributed by atoms with E-state index in [9.17, 15) is 4.79 Å². The van der Waals surface area contributed by atoms with Gasteiger partial charge in [-0.25, -0.2) is 4.79 Å². The number of rotatable bonds is 4. The molecule has 0 spiro atoms. The van der Waals surface area contributed by atoms with Crippen LogP contribution in [0.5, 0.6) is 0 Å². The van der Waals surface area contributed by atoms with Gasteiger partial charge in [-0.1, -0.05) is 11.6 Å². The van der Waals surface area contributed by atoms with Gasteiger partial charge in [-0.05, 0) is 55.3 Å². The van der Waals surface area contributed by atoms with Crippen LogP contribution in [0.15, 0.2) is 17.7 Å². The largest absolute Gasteiger partial charge is 0.464 e. The number of ether oxygens (including phenoxy) is 1. The van der Waals surface area contributed by atoms with Crippen molar-refractivity contribution in [1.82, 2.24) is 4.98 Å². The quantitative estimate of drug-likeness (QED) is 0.522. The van der Waals surface area contributed by atoms with Gasteiger partial charge >= 0.3 is 5.97 Å². The summed E-state index contributed by atoms with van der Waals surface area (Å²) in [7, 11) is 1.39. The lowest BCUT2D eigenvalue weighted by Gasteiger charge is -1.97. The molecule has 0 unspecified atom stereocenters. The Morgan fingerprint density at radius 2 is 2.25 bits per heavy atom. The van der Waals surface area contributed by atoms with E-state index in [1.165, 1.54) is 12.7 Å². The zero-order valence-corrected chi connectivity index (χ0v) is 11.9. The highest BCUT2D eigenvalue weighted by atomic mass is 127. The Hall–Kier alpha value is -0.780. The summed E-state index contributed by atoms with van der Waals surface area (Å²) in [5, 5.41) is 0. The zero-order chi connectivity index (χ0) is 12.1. The number of hydrogen-bond acceptors (Lipinski definition) is 2. The predicted molar refractivity (Wildman–Crippen MR) is 72.6 cm³/mol. The molecule has 1 aromatic rings. The minimum absolute atomic E-state index is 0.314. The van der Waals surface area contributed by atoms with Gasteiger partial charge in [0.05, 0.1) is 7.11 Å².